The van der Waals surface area contributed by atoms with Gasteiger partial charge in [-0.25, -0.2) is 0 Å². The van der Waals surface area contributed by atoms with Crippen molar-refractivity contribution in [3.63, 3.8) is 0 Å². The Morgan fingerprint density at radius 3 is 0.875 bits per heavy atom. The van der Waals surface area contributed by atoms with Crippen molar-refractivity contribution in [2.75, 3.05) is 0 Å². The third-order valence-electron chi connectivity index (χ3n) is 3.19. The van der Waals surface area contributed by atoms with Gasteiger partial charge in [-0.2, -0.15) is 0 Å². The van der Waals surface area contributed by atoms with Crippen molar-refractivity contribution in [1.82, 2.24) is 0 Å². The summed E-state index contributed by atoms with van der Waals surface area (Å²) in [6.45, 7) is 6.50. The molecule has 0 fully saturated rings. The Morgan fingerprint density at radius 2 is 0.667 bits per heavy atom. The van der Waals surface area contributed by atoms with Crippen molar-refractivity contribution in [3.8, 4) is 0 Å². The van der Waals surface area contributed by atoms with E-state index in [1.54, 1.807) is 0 Å². The smallest absolute Gasteiger partial charge is 0.0620 e. The molecule has 1 radical (unpaired) electrons. The van der Waals surface area contributed by atoms with Gasteiger partial charge in [0.15, 0.2) is 0 Å². The Labute approximate surface area is 157 Å². The van der Waals surface area contributed by atoms with E-state index in [9.17, 15) is 0 Å². The zero-order valence-corrected chi connectivity index (χ0v) is 15.7. The summed E-state index contributed by atoms with van der Waals surface area (Å²) in [5.41, 5.74) is 0. The van der Waals surface area contributed by atoms with Crippen molar-refractivity contribution in [1.29, 1.82) is 0 Å². The van der Waals surface area contributed by atoms with Gasteiger partial charge in [0.2, 0.25) is 0 Å². The van der Waals surface area contributed by atoms with E-state index < -0.39 is 7.92 Å². The molecular weight excluding hydrogens is 406 g/mol. The van der Waals surface area contributed by atoms with Crippen LogP contribution in [0.3, 0.4) is 0 Å². The second-order valence-corrected chi connectivity index (χ2v) is 6.96. The molecule has 24 heavy (non-hydrogen) atoms. The fraction of sp³-hybridized carbons (Fsp3) is 0. The van der Waals surface area contributed by atoms with Crippen LogP contribution in [0.4, 0.5) is 0 Å². The van der Waals surface area contributed by atoms with Gasteiger partial charge in [0.05, 0.1) is 7.92 Å². The van der Waals surface area contributed by atoms with E-state index >= 15 is 0 Å². The first kappa shape index (κ1) is 22.1. The largest absolute Gasteiger partial charge is 0.102 e. The molecule has 0 bridgehead atoms. The molecule has 0 unspecified atom stereocenters. The van der Waals surface area contributed by atoms with Crippen molar-refractivity contribution >= 4 is 37.4 Å². The van der Waals surface area contributed by atoms with Gasteiger partial charge in [0, 0.05) is 0 Å². The van der Waals surface area contributed by atoms with Crippen molar-refractivity contribution in [2.45, 2.75) is 0 Å². The fourth-order valence-electron chi connectivity index (χ4n) is 2.31. The standard InChI is InChI=1S/C18H15P.2CHO.Rh.H/c1-4-10-16(11-5-1)19(17-12-6-2-7-13-17)18-14-8-3-9-15-18;2*1-2;;/h1-15H;2*1H;;/q;2*-1;+2;/p+1. The van der Waals surface area contributed by atoms with Crippen LogP contribution in [0.1, 0.15) is 0 Å². The van der Waals surface area contributed by atoms with E-state index in [1.165, 1.54) is 15.9 Å². The van der Waals surface area contributed by atoms with E-state index in [2.05, 4.69) is 105 Å². The van der Waals surface area contributed by atoms with Crippen LogP contribution in [0.15, 0.2) is 91.0 Å². The summed E-state index contributed by atoms with van der Waals surface area (Å²) >= 11 is 0. The number of hydrogen-bond acceptors (Lipinski definition) is 2. The van der Waals surface area contributed by atoms with E-state index in [1.807, 2.05) is 0 Å². The average molecular weight is 425 g/mol. The predicted octanol–water partition coefficient (Wildman–Crippen LogP) is 2.36. The molecule has 0 saturated heterocycles. The molecule has 0 aliphatic rings. The maximum atomic E-state index is 7.75. The molecule has 124 valence electrons. The van der Waals surface area contributed by atoms with Crippen LogP contribution in [-0.2, 0) is 29.1 Å². The van der Waals surface area contributed by atoms with Crippen LogP contribution in [0.5, 0.6) is 0 Å². The molecule has 0 atom stereocenters. The maximum absolute atomic E-state index is 7.75. The number of hydrogen-bond donors (Lipinski definition) is 0. The molecule has 0 saturated carbocycles. The minimum Gasteiger partial charge on any atom is -0.0620 e. The summed E-state index contributed by atoms with van der Waals surface area (Å²) in [7, 11) is -0.877. The minimum atomic E-state index is -0.877. The van der Waals surface area contributed by atoms with Gasteiger partial charge in [-0.3, -0.25) is 13.6 Å². The Balaban J connectivity index is 0.000000987. The van der Waals surface area contributed by atoms with Crippen LogP contribution < -0.4 is 15.9 Å². The molecule has 0 aliphatic carbocycles. The zero-order chi connectivity index (χ0) is 16.9. The second kappa shape index (κ2) is 13.5. The number of carbonyl (C=O) groups excluding carboxylic acids is 2. The Morgan fingerprint density at radius 1 is 0.458 bits per heavy atom. The summed E-state index contributed by atoms with van der Waals surface area (Å²) in [5.74, 6) is 0. The summed E-state index contributed by atoms with van der Waals surface area (Å²) in [5, 5.41) is 4.31. The van der Waals surface area contributed by atoms with Gasteiger partial charge < -0.3 is 9.59 Å². The molecule has 0 amide bonds. The molecule has 4 heteroatoms. The van der Waals surface area contributed by atoms with Gasteiger partial charge in [0.1, 0.15) is 15.9 Å². The van der Waals surface area contributed by atoms with Crippen LogP contribution >= 0.6 is 7.92 Å². The van der Waals surface area contributed by atoms with Crippen LogP contribution in [0.25, 0.3) is 0 Å². The first-order valence-corrected chi connectivity index (χ1v) is 8.45. The van der Waals surface area contributed by atoms with E-state index in [0.29, 0.717) is 0 Å². The summed E-state index contributed by atoms with van der Waals surface area (Å²) in [4.78, 5) is 15.5. The SMILES string of the molecule is [CH-]=O.[CH-]=O.[RhH+2].c1ccc([PH+](c2ccccc2)c2ccccc2)cc1. The molecule has 3 aromatic rings. The normalized spacial score (nSPS) is 8.71. The van der Waals surface area contributed by atoms with Crippen molar-refractivity contribution in [2.24, 2.45) is 0 Å². The summed E-state index contributed by atoms with van der Waals surface area (Å²) in [6.07, 6.45) is 0. The second-order valence-electron chi connectivity index (χ2n) is 4.47. The van der Waals surface area contributed by atoms with Crippen molar-refractivity contribution in [3.05, 3.63) is 91.0 Å². The average Bonchev–Trinajstić information content (AvgIpc) is 2.68. The first-order valence-electron chi connectivity index (χ1n) is 6.95. The molecule has 0 N–H and O–H groups in total. The van der Waals surface area contributed by atoms with Crippen molar-refractivity contribution < 1.29 is 29.1 Å². The third-order valence-corrected chi connectivity index (χ3v) is 5.92. The minimum absolute atomic E-state index is 0. The van der Waals surface area contributed by atoms with Crippen LogP contribution in [0, 0.1) is 0 Å². The van der Waals surface area contributed by atoms with Crippen LogP contribution in [-0.4, -0.2) is 13.6 Å². The molecule has 3 rings (SSSR count). The predicted molar refractivity (Wildman–Crippen MR) is 101 cm³/mol. The monoisotopic (exact) mass is 425 g/mol. The molecule has 0 aliphatic heterocycles. The molecule has 0 aromatic heterocycles. The Bertz CT molecular complexity index is 567. The maximum Gasteiger partial charge on any atom is 0.102 e. The number of benzene rings is 3. The summed E-state index contributed by atoms with van der Waals surface area (Å²) in [6, 6.07) is 32.5. The fourth-order valence-corrected chi connectivity index (χ4v) is 4.89. The van der Waals surface area contributed by atoms with Gasteiger partial charge in [-0.15, -0.1) is 0 Å². The molecular formula is C20H19O2PRh+. The van der Waals surface area contributed by atoms with E-state index in [4.69, 9.17) is 9.59 Å². The van der Waals surface area contributed by atoms with Crippen LogP contribution in [0.2, 0.25) is 0 Å². The molecule has 2 nitrogen and oxygen atoms in total. The summed E-state index contributed by atoms with van der Waals surface area (Å²) < 4.78 is 0. The van der Waals surface area contributed by atoms with E-state index in [-0.39, 0.29) is 19.5 Å². The third kappa shape index (κ3) is 6.28. The first-order chi connectivity index (χ1) is 11.4. The molecule has 3 aromatic carbocycles. The molecule has 0 spiro atoms. The number of rotatable bonds is 3. The Kier molecular flexibility index (Phi) is 12.4. The van der Waals surface area contributed by atoms with E-state index in [0.717, 1.165) is 0 Å². The van der Waals surface area contributed by atoms with Gasteiger partial charge in [-0.1, -0.05) is 54.6 Å². The molecule has 0 heterocycles. The quantitative estimate of drug-likeness (QED) is 0.280. The zero-order valence-electron chi connectivity index (χ0n) is 13.0. The van der Waals surface area contributed by atoms with Gasteiger partial charge >= 0.3 is 19.5 Å². The topological polar surface area (TPSA) is 34.1 Å². The Hall–Kier alpha value is -1.95. The van der Waals surface area contributed by atoms with Gasteiger partial charge in [0.25, 0.3) is 0 Å². The van der Waals surface area contributed by atoms with Gasteiger partial charge in [-0.05, 0) is 36.4 Å².